The molecule has 0 aliphatic carbocycles. The summed E-state index contributed by atoms with van der Waals surface area (Å²) in [4.78, 5) is 2.24. The van der Waals surface area contributed by atoms with E-state index < -0.39 is 0 Å². The lowest BCUT2D eigenvalue weighted by Gasteiger charge is -2.23. The van der Waals surface area contributed by atoms with Crippen LogP contribution in [-0.4, -0.2) is 11.9 Å². The SMILES string of the molecule is C[C@H](c1cc2ccccc2o1)N(C)Cc1ccc(C#N)cc1. The zero-order valence-electron chi connectivity index (χ0n) is 12.8. The van der Waals surface area contributed by atoms with Crippen molar-refractivity contribution >= 4 is 11.0 Å². The van der Waals surface area contributed by atoms with Crippen molar-refractivity contribution in [2.75, 3.05) is 7.05 Å². The van der Waals surface area contributed by atoms with E-state index in [4.69, 9.17) is 9.68 Å². The number of furan rings is 1. The molecule has 1 heterocycles. The Balaban J connectivity index is 1.75. The summed E-state index contributed by atoms with van der Waals surface area (Å²) >= 11 is 0. The van der Waals surface area contributed by atoms with E-state index in [0.29, 0.717) is 5.56 Å². The Morgan fingerprint density at radius 3 is 2.55 bits per heavy atom. The van der Waals surface area contributed by atoms with E-state index in [1.807, 2.05) is 42.5 Å². The molecule has 0 saturated carbocycles. The predicted octanol–water partition coefficient (Wildman–Crippen LogP) is 4.50. The smallest absolute Gasteiger partial charge is 0.134 e. The maximum absolute atomic E-state index is 8.84. The molecule has 0 amide bonds. The van der Waals surface area contributed by atoms with Crippen LogP contribution in [0, 0.1) is 11.3 Å². The first-order valence-corrected chi connectivity index (χ1v) is 7.35. The monoisotopic (exact) mass is 290 g/mol. The molecule has 2 aromatic carbocycles. The molecule has 3 heteroatoms. The molecule has 3 nitrogen and oxygen atoms in total. The second-order valence-electron chi connectivity index (χ2n) is 5.59. The molecule has 0 bridgehead atoms. The highest BCUT2D eigenvalue weighted by Gasteiger charge is 2.16. The molecule has 0 N–H and O–H groups in total. The van der Waals surface area contributed by atoms with E-state index in [1.54, 1.807) is 0 Å². The topological polar surface area (TPSA) is 40.2 Å². The van der Waals surface area contributed by atoms with Crippen LogP contribution in [0.4, 0.5) is 0 Å². The van der Waals surface area contributed by atoms with E-state index in [-0.39, 0.29) is 6.04 Å². The van der Waals surface area contributed by atoms with Gasteiger partial charge in [-0.15, -0.1) is 0 Å². The minimum atomic E-state index is 0.183. The van der Waals surface area contributed by atoms with Crippen molar-refractivity contribution in [2.45, 2.75) is 19.5 Å². The first kappa shape index (κ1) is 14.4. The summed E-state index contributed by atoms with van der Waals surface area (Å²) in [6, 6.07) is 20.2. The third-order valence-corrected chi connectivity index (χ3v) is 4.03. The van der Waals surface area contributed by atoms with Crippen LogP contribution in [0.5, 0.6) is 0 Å². The van der Waals surface area contributed by atoms with Crippen molar-refractivity contribution < 1.29 is 4.42 Å². The molecule has 110 valence electrons. The zero-order valence-corrected chi connectivity index (χ0v) is 12.8. The molecule has 1 aromatic heterocycles. The number of nitriles is 1. The minimum Gasteiger partial charge on any atom is -0.459 e. The van der Waals surface area contributed by atoms with Gasteiger partial charge in [-0.05, 0) is 43.8 Å². The standard InChI is InChI=1S/C19H18N2O/c1-14(19-11-17-5-3-4-6-18(17)22-19)21(2)13-16-9-7-15(12-20)8-10-16/h3-11,14H,13H2,1-2H3/t14-/m1/s1. The molecule has 0 fully saturated rings. The maximum Gasteiger partial charge on any atom is 0.134 e. The normalized spacial score (nSPS) is 12.5. The summed E-state index contributed by atoms with van der Waals surface area (Å²) in [6.45, 7) is 2.95. The number of rotatable bonds is 4. The molecular formula is C19H18N2O. The van der Waals surface area contributed by atoms with Crippen LogP contribution in [-0.2, 0) is 6.54 Å². The van der Waals surface area contributed by atoms with Gasteiger partial charge in [0, 0.05) is 11.9 Å². The lowest BCUT2D eigenvalue weighted by Crippen LogP contribution is -2.21. The molecule has 1 atom stereocenters. The van der Waals surface area contributed by atoms with Crippen molar-refractivity contribution in [3.05, 3.63) is 71.5 Å². The molecule has 0 aliphatic heterocycles. The molecule has 22 heavy (non-hydrogen) atoms. The van der Waals surface area contributed by atoms with Crippen LogP contribution in [0.15, 0.2) is 59.0 Å². The van der Waals surface area contributed by atoms with E-state index in [2.05, 4.69) is 37.1 Å². The third kappa shape index (κ3) is 2.88. The van der Waals surface area contributed by atoms with Crippen LogP contribution in [0.2, 0.25) is 0 Å². The summed E-state index contributed by atoms with van der Waals surface area (Å²) in [6.07, 6.45) is 0. The van der Waals surface area contributed by atoms with Crippen LogP contribution in [0.1, 0.15) is 29.9 Å². The van der Waals surface area contributed by atoms with Crippen molar-refractivity contribution in [1.29, 1.82) is 5.26 Å². The zero-order chi connectivity index (χ0) is 15.5. The lowest BCUT2D eigenvalue weighted by atomic mass is 10.1. The van der Waals surface area contributed by atoms with Gasteiger partial charge >= 0.3 is 0 Å². The number of nitrogens with zero attached hydrogens (tertiary/aromatic N) is 2. The summed E-state index contributed by atoms with van der Waals surface area (Å²) in [7, 11) is 2.08. The summed E-state index contributed by atoms with van der Waals surface area (Å²) < 4.78 is 5.94. The quantitative estimate of drug-likeness (QED) is 0.710. The Labute approximate surface area is 130 Å². The van der Waals surface area contributed by atoms with Gasteiger partial charge in [0.25, 0.3) is 0 Å². The molecule has 0 aliphatic rings. The second-order valence-corrected chi connectivity index (χ2v) is 5.59. The molecule has 3 rings (SSSR count). The first-order chi connectivity index (χ1) is 10.7. The maximum atomic E-state index is 8.84. The van der Waals surface area contributed by atoms with Crippen LogP contribution < -0.4 is 0 Å². The van der Waals surface area contributed by atoms with Gasteiger partial charge in [-0.2, -0.15) is 5.26 Å². The first-order valence-electron chi connectivity index (χ1n) is 7.35. The van der Waals surface area contributed by atoms with Crippen molar-refractivity contribution in [2.24, 2.45) is 0 Å². The van der Waals surface area contributed by atoms with E-state index in [0.717, 1.165) is 23.3 Å². The fourth-order valence-electron chi connectivity index (χ4n) is 2.54. The average molecular weight is 290 g/mol. The van der Waals surface area contributed by atoms with Gasteiger partial charge in [-0.3, -0.25) is 4.90 Å². The van der Waals surface area contributed by atoms with Gasteiger partial charge in [0.05, 0.1) is 17.7 Å². The predicted molar refractivity (Wildman–Crippen MR) is 87.3 cm³/mol. The Morgan fingerprint density at radius 2 is 1.86 bits per heavy atom. The highest BCUT2D eigenvalue weighted by molar-refractivity contribution is 5.77. The summed E-state index contributed by atoms with van der Waals surface area (Å²) in [5, 5.41) is 9.98. The molecule has 0 unspecified atom stereocenters. The summed E-state index contributed by atoms with van der Waals surface area (Å²) in [5.74, 6) is 0.970. The van der Waals surface area contributed by atoms with Crippen molar-refractivity contribution in [1.82, 2.24) is 4.90 Å². The molecule has 3 aromatic rings. The van der Waals surface area contributed by atoms with Gasteiger partial charge < -0.3 is 4.42 Å². The fraction of sp³-hybridized carbons (Fsp3) is 0.211. The molecular weight excluding hydrogens is 272 g/mol. The van der Waals surface area contributed by atoms with E-state index in [1.165, 1.54) is 5.56 Å². The van der Waals surface area contributed by atoms with Gasteiger partial charge in [0.15, 0.2) is 0 Å². The largest absolute Gasteiger partial charge is 0.459 e. The molecule has 0 saturated heterocycles. The highest BCUT2D eigenvalue weighted by atomic mass is 16.3. The Morgan fingerprint density at radius 1 is 1.14 bits per heavy atom. The molecule has 0 spiro atoms. The van der Waals surface area contributed by atoms with Crippen molar-refractivity contribution in [3.8, 4) is 6.07 Å². The number of para-hydroxylation sites is 1. The number of benzene rings is 2. The average Bonchev–Trinajstić information content (AvgIpc) is 2.98. The fourth-order valence-corrected chi connectivity index (χ4v) is 2.54. The number of fused-ring (bicyclic) bond motifs is 1. The van der Waals surface area contributed by atoms with E-state index >= 15 is 0 Å². The second kappa shape index (κ2) is 6.05. The Kier molecular flexibility index (Phi) is 3.95. The van der Waals surface area contributed by atoms with Crippen molar-refractivity contribution in [3.63, 3.8) is 0 Å². The molecule has 0 radical (unpaired) electrons. The van der Waals surface area contributed by atoms with Crippen LogP contribution >= 0.6 is 0 Å². The van der Waals surface area contributed by atoms with Gasteiger partial charge in [0.2, 0.25) is 0 Å². The Hall–Kier alpha value is -2.57. The van der Waals surface area contributed by atoms with Gasteiger partial charge in [-0.25, -0.2) is 0 Å². The van der Waals surface area contributed by atoms with Gasteiger partial charge in [-0.1, -0.05) is 30.3 Å². The third-order valence-electron chi connectivity index (χ3n) is 4.03. The van der Waals surface area contributed by atoms with E-state index in [9.17, 15) is 0 Å². The number of hydrogen-bond donors (Lipinski definition) is 0. The summed E-state index contributed by atoms with van der Waals surface area (Å²) in [5.41, 5.74) is 2.80. The Bertz CT molecular complexity index is 778. The lowest BCUT2D eigenvalue weighted by molar-refractivity contribution is 0.226. The highest BCUT2D eigenvalue weighted by Crippen LogP contribution is 2.27. The van der Waals surface area contributed by atoms with Gasteiger partial charge in [0.1, 0.15) is 11.3 Å². The minimum absolute atomic E-state index is 0.183. The van der Waals surface area contributed by atoms with Crippen LogP contribution in [0.3, 0.4) is 0 Å². The van der Waals surface area contributed by atoms with Crippen LogP contribution in [0.25, 0.3) is 11.0 Å². The number of hydrogen-bond acceptors (Lipinski definition) is 3.